The molecule has 1 aromatic carbocycles. The van der Waals surface area contributed by atoms with Gasteiger partial charge in [-0.1, -0.05) is 47.8 Å². The number of hydrogen-bond donors (Lipinski definition) is 1. The Bertz CT molecular complexity index is 328. The predicted molar refractivity (Wildman–Crippen MR) is 75.1 cm³/mol. The lowest BCUT2D eigenvalue weighted by molar-refractivity contribution is 0.494. The third-order valence-corrected chi connectivity index (χ3v) is 3.39. The average molecular weight is 305 g/mol. The Labute approximate surface area is 112 Å². The first-order chi connectivity index (χ1) is 7.69. The van der Waals surface area contributed by atoms with Crippen molar-refractivity contribution in [2.45, 2.75) is 39.2 Å². The molecule has 0 saturated carbocycles. The van der Waals surface area contributed by atoms with Gasteiger partial charge in [-0.25, -0.2) is 0 Å². The molecule has 1 aromatic rings. The molecule has 90 valence electrons. The summed E-state index contributed by atoms with van der Waals surface area (Å²) in [7, 11) is 0. The number of halogens is 2. The lowest BCUT2D eigenvalue weighted by Crippen LogP contribution is -2.22. The van der Waals surface area contributed by atoms with Crippen LogP contribution in [-0.4, -0.2) is 6.54 Å². The Morgan fingerprint density at radius 2 is 2.06 bits per heavy atom. The van der Waals surface area contributed by atoms with Crippen LogP contribution in [0.3, 0.4) is 0 Å². The minimum Gasteiger partial charge on any atom is -0.310 e. The summed E-state index contributed by atoms with van der Waals surface area (Å²) in [6.45, 7) is 5.42. The first-order valence-electron chi connectivity index (χ1n) is 5.87. The second-order valence-corrected chi connectivity index (χ2v) is 5.28. The maximum atomic E-state index is 6.24. The van der Waals surface area contributed by atoms with Gasteiger partial charge in [-0.05, 0) is 43.1 Å². The second-order valence-electron chi connectivity index (χ2n) is 3.96. The Morgan fingerprint density at radius 1 is 1.31 bits per heavy atom. The molecule has 3 heteroatoms. The Kier molecular flexibility index (Phi) is 6.40. The van der Waals surface area contributed by atoms with Gasteiger partial charge in [0.2, 0.25) is 0 Å². The van der Waals surface area contributed by atoms with Crippen LogP contribution in [0.4, 0.5) is 0 Å². The van der Waals surface area contributed by atoms with Crippen molar-refractivity contribution in [3.8, 4) is 0 Å². The highest BCUT2D eigenvalue weighted by molar-refractivity contribution is 9.10. The fourth-order valence-electron chi connectivity index (χ4n) is 1.76. The van der Waals surface area contributed by atoms with Crippen LogP contribution in [0.5, 0.6) is 0 Å². The molecule has 0 aliphatic carbocycles. The minimum atomic E-state index is 0.370. The van der Waals surface area contributed by atoms with E-state index in [1.54, 1.807) is 0 Å². The largest absolute Gasteiger partial charge is 0.310 e. The molecule has 16 heavy (non-hydrogen) atoms. The van der Waals surface area contributed by atoms with Gasteiger partial charge in [0.1, 0.15) is 0 Å². The highest BCUT2D eigenvalue weighted by atomic mass is 79.9. The molecule has 0 saturated heterocycles. The molecule has 1 atom stereocenters. The van der Waals surface area contributed by atoms with Crippen LogP contribution in [0.2, 0.25) is 5.02 Å². The molecule has 0 bridgehead atoms. The molecule has 1 nitrogen and oxygen atoms in total. The molecule has 0 fully saturated rings. The summed E-state index contributed by atoms with van der Waals surface area (Å²) in [6.07, 6.45) is 3.42. The van der Waals surface area contributed by atoms with Gasteiger partial charge in [-0.15, -0.1) is 0 Å². The molecule has 0 aromatic heterocycles. The van der Waals surface area contributed by atoms with Crippen LogP contribution < -0.4 is 5.32 Å². The number of nitrogens with one attached hydrogen (secondary N) is 1. The molecular formula is C13H19BrClN. The van der Waals surface area contributed by atoms with Crippen LogP contribution in [0.1, 0.15) is 44.7 Å². The van der Waals surface area contributed by atoms with Gasteiger partial charge in [0.25, 0.3) is 0 Å². The van der Waals surface area contributed by atoms with Crippen molar-refractivity contribution in [3.05, 3.63) is 33.3 Å². The summed E-state index contributed by atoms with van der Waals surface area (Å²) in [5.41, 5.74) is 1.20. The maximum absolute atomic E-state index is 6.24. The number of rotatable bonds is 6. The van der Waals surface area contributed by atoms with Crippen LogP contribution in [0, 0.1) is 0 Å². The SMILES string of the molecule is CCCNC(CCC)c1cc(Br)ccc1Cl. The summed E-state index contributed by atoms with van der Waals surface area (Å²) in [5, 5.41) is 4.40. The smallest absolute Gasteiger partial charge is 0.0454 e. The summed E-state index contributed by atoms with van der Waals surface area (Å²) in [6, 6.07) is 6.42. The zero-order valence-corrected chi connectivity index (χ0v) is 12.2. The van der Waals surface area contributed by atoms with E-state index >= 15 is 0 Å². The quantitative estimate of drug-likeness (QED) is 0.784. The van der Waals surface area contributed by atoms with E-state index in [9.17, 15) is 0 Å². The standard InChI is InChI=1S/C13H19BrClN/c1-3-5-13(16-8-4-2)11-9-10(14)6-7-12(11)15/h6-7,9,13,16H,3-5,8H2,1-2H3. The molecule has 1 N–H and O–H groups in total. The van der Waals surface area contributed by atoms with E-state index in [0.717, 1.165) is 35.3 Å². The van der Waals surface area contributed by atoms with Crippen molar-refractivity contribution in [2.75, 3.05) is 6.54 Å². The lowest BCUT2D eigenvalue weighted by atomic mass is 10.0. The molecule has 0 spiro atoms. The molecule has 1 unspecified atom stereocenters. The lowest BCUT2D eigenvalue weighted by Gasteiger charge is -2.19. The Hall–Kier alpha value is -0.0500. The highest BCUT2D eigenvalue weighted by Gasteiger charge is 2.13. The van der Waals surface area contributed by atoms with E-state index < -0.39 is 0 Å². The van der Waals surface area contributed by atoms with Gasteiger partial charge >= 0.3 is 0 Å². The van der Waals surface area contributed by atoms with Gasteiger partial charge in [0.05, 0.1) is 0 Å². The van der Waals surface area contributed by atoms with Crippen molar-refractivity contribution in [1.29, 1.82) is 0 Å². The van der Waals surface area contributed by atoms with Gasteiger partial charge in [0.15, 0.2) is 0 Å². The summed E-state index contributed by atoms with van der Waals surface area (Å²) in [4.78, 5) is 0. The average Bonchev–Trinajstić information content (AvgIpc) is 2.28. The van der Waals surface area contributed by atoms with Gasteiger partial charge < -0.3 is 5.32 Å². The summed E-state index contributed by atoms with van der Waals surface area (Å²) >= 11 is 9.74. The van der Waals surface area contributed by atoms with Crippen molar-refractivity contribution in [1.82, 2.24) is 5.32 Å². The molecule has 1 rings (SSSR count). The third kappa shape index (κ3) is 4.08. The van der Waals surface area contributed by atoms with E-state index in [1.807, 2.05) is 12.1 Å². The molecule has 0 amide bonds. The van der Waals surface area contributed by atoms with Gasteiger partial charge in [0, 0.05) is 15.5 Å². The second kappa shape index (κ2) is 7.31. The zero-order chi connectivity index (χ0) is 12.0. The molecule has 0 heterocycles. The van der Waals surface area contributed by atoms with E-state index in [2.05, 4.69) is 41.2 Å². The normalized spacial score (nSPS) is 12.8. The first-order valence-corrected chi connectivity index (χ1v) is 7.04. The first kappa shape index (κ1) is 14.0. The van der Waals surface area contributed by atoms with E-state index in [-0.39, 0.29) is 0 Å². The Morgan fingerprint density at radius 3 is 2.69 bits per heavy atom. The molecular weight excluding hydrogens is 286 g/mol. The van der Waals surface area contributed by atoms with E-state index in [1.165, 1.54) is 5.56 Å². The van der Waals surface area contributed by atoms with Gasteiger partial charge in [-0.3, -0.25) is 0 Å². The number of benzene rings is 1. The third-order valence-electron chi connectivity index (χ3n) is 2.55. The monoisotopic (exact) mass is 303 g/mol. The molecule has 0 aliphatic rings. The number of hydrogen-bond acceptors (Lipinski definition) is 1. The van der Waals surface area contributed by atoms with Crippen LogP contribution in [-0.2, 0) is 0 Å². The predicted octanol–water partition coefficient (Wildman–Crippen LogP) is 4.94. The fourth-order valence-corrected chi connectivity index (χ4v) is 2.38. The fraction of sp³-hybridized carbons (Fsp3) is 0.538. The Balaban J connectivity index is 2.85. The van der Waals surface area contributed by atoms with E-state index in [0.29, 0.717) is 6.04 Å². The minimum absolute atomic E-state index is 0.370. The van der Waals surface area contributed by atoms with Crippen molar-refractivity contribution >= 4 is 27.5 Å². The topological polar surface area (TPSA) is 12.0 Å². The highest BCUT2D eigenvalue weighted by Crippen LogP contribution is 2.29. The van der Waals surface area contributed by atoms with Crippen LogP contribution >= 0.6 is 27.5 Å². The van der Waals surface area contributed by atoms with Crippen molar-refractivity contribution < 1.29 is 0 Å². The zero-order valence-electron chi connectivity index (χ0n) is 9.89. The molecule has 0 radical (unpaired) electrons. The maximum Gasteiger partial charge on any atom is 0.0454 e. The van der Waals surface area contributed by atoms with E-state index in [4.69, 9.17) is 11.6 Å². The molecule has 0 aliphatic heterocycles. The van der Waals surface area contributed by atoms with Gasteiger partial charge in [-0.2, -0.15) is 0 Å². The van der Waals surface area contributed by atoms with Crippen LogP contribution in [0.25, 0.3) is 0 Å². The summed E-state index contributed by atoms with van der Waals surface area (Å²) < 4.78 is 1.09. The summed E-state index contributed by atoms with van der Waals surface area (Å²) in [5.74, 6) is 0. The van der Waals surface area contributed by atoms with Crippen molar-refractivity contribution in [2.24, 2.45) is 0 Å². The van der Waals surface area contributed by atoms with Crippen LogP contribution in [0.15, 0.2) is 22.7 Å². The van der Waals surface area contributed by atoms with Crippen molar-refractivity contribution in [3.63, 3.8) is 0 Å².